The minimum Gasteiger partial charge on any atom is -0.480 e. The van der Waals surface area contributed by atoms with Crippen LogP contribution < -0.4 is 19.3 Å². The predicted octanol–water partition coefficient (Wildman–Crippen LogP) is 4.47. The number of pyridine rings is 4. The van der Waals surface area contributed by atoms with Crippen LogP contribution >= 0.6 is 46.4 Å². The fourth-order valence-electron chi connectivity index (χ4n) is 2.86. The third-order valence-electron chi connectivity index (χ3n) is 4.79. The minimum absolute atomic E-state index is 0. The summed E-state index contributed by atoms with van der Waals surface area (Å²) in [6.07, 6.45) is 2.78. The molecule has 0 fully saturated rings. The summed E-state index contributed by atoms with van der Waals surface area (Å²) in [7, 11) is -5.32. The van der Waals surface area contributed by atoms with Crippen molar-refractivity contribution in [3.8, 4) is 11.8 Å². The number of nitrogens with two attached hydrogens (primary N) is 1. The van der Waals surface area contributed by atoms with Crippen LogP contribution in [-0.2, 0) is 20.0 Å². The maximum Gasteiger partial charge on any atom is 0.338 e. The molecule has 246 valence electrons. The van der Waals surface area contributed by atoms with Crippen LogP contribution in [0.5, 0.6) is 11.8 Å². The summed E-state index contributed by atoms with van der Waals surface area (Å²) < 4.78 is 57.6. The van der Waals surface area contributed by atoms with Gasteiger partial charge in [0.1, 0.15) is 30.4 Å². The summed E-state index contributed by atoms with van der Waals surface area (Å²) in [5.74, 6) is -2.18. The van der Waals surface area contributed by atoms with Crippen molar-refractivity contribution in [2.24, 2.45) is 5.14 Å². The molecule has 0 aliphatic heterocycles. The monoisotopic (exact) mass is 746 g/mol. The molecular formula is C24H26Cl4N6O9S2. The number of carbonyl (C=O) groups excluding carboxylic acids is 1. The first kappa shape index (κ1) is 37.3. The molecule has 0 radical (unpaired) electrons. The van der Waals surface area contributed by atoms with Gasteiger partial charge in [0.25, 0.3) is 15.9 Å². The first-order valence-electron chi connectivity index (χ1n) is 11.5. The maximum absolute atomic E-state index is 12.2. The lowest BCUT2D eigenvalue weighted by Crippen LogP contribution is -2.31. The Labute approximate surface area is 280 Å². The van der Waals surface area contributed by atoms with Crippen molar-refractivity contribution in [2.75, 3.05) is 14.2 Å². The zero-order valence-corrected chi connectivity index (χ0v) is 27.3. The van der Waals surface area contributed by atoms with E-state index in [9.17, 15) is 26.4 Å². The van der Waals surface area contributed by atoms with Gasteiger partial charge in [-0.2, -0.15) is 0 Å². The number of carbonyl (C=O) groups is 2. The first-order valence-corrected chi connectivity index (χ1v) is 16.0. The van der Waals surface area contributed by atoms with Crippen LogP contribution in [0.15, 0.2) is 70.7 Å². The van der Waals surface area contributed by atoms with Crippen LogP contribution in [0.3, 0.4) is 0 Å². The van der Waals surface area contributed by atoms with Gasteiger partial charge < -0.3 is 14.6 Å². The van der Waals surface area contributed by atoms with E-state index in [2.05, 4.69) is 19.9 Å². The number of carboxylic acid groups (broad SMARTS) is 1. The highest BCUT2D eigenvalue weighted by molar-refractivity contribution is 7.90. The Kier molecular flexibility index (Phi) is 13.7. The number of amides is 1. The van der Waals surface area contributed by atoms with Gasteiger partial charge in [0.15, 0.2) is 0 Å². The number of sulfonamides is 2. The molecule has 1 amide bonds. The number of aromatic carboxylic acids is 1. The molecule has 0 saturated heterocycles. The number of ether oxygens (including phenoxy) is 2. The molecule has 15 nitrogen and oxygen atoms in total. The van der Waals surface area contributed by atoms with Gasteiger partial charge in [-0.3, -0.25) is 4.79 Å². The number of hydrogen-bond donors (Lipinski definition) is 3. The number of methoxy groups -OCH3 is 2. The minimum atomic E-state index is -4.18. The number of aromatic nitrogens is 4. The van der Waals surface area contributed by atoms with Crippen LogP contribution in [0.25, 0.3) is 0 Å². The summed E-state index contributed by atoms with van der Waals surface area (Å²) >= 11 is 22.3. The molecular weight excluding hydrogens is 722 g/mol. The molecule has 4 heterocycles. The zero-order chi connectivity index (χ0) is 33.9. The van der Waals surface area contributed by atoms with E-state index in [4.69, 9.17) is 66.1 Å². The molecule has 0 saturated carbocycles. The highest BCUT2D eigenvalue weighted by Gasteiger charge is 2.25. The Morgan fingerprint density at radius 3 is 1.62 bits per heavy atom. The number of carboxylic acids is 1. The van der Waals surface area contributed by atoms with Crippen molar-refractivity contribution in [2.45, 2.75) is 9.79 Å². The molecule has 0 aromatic carbocycles. The van der Waals surface area contributed by atoms with Crippen molar-refractivity contribution in [3.05, 3.63) is 92.7 Å². The molecule has 0 bridgehead atoms. The van der Waals surface area contributed by atoms with E-state index in [-0.39, 0.29) is 57.6 Å². The standard InChI is InChI=1S/C12H9Cl2N3O4S.C6H3Cl2NO2.C6H8N2O3S.3H2/c1-21-12-8(3-2-6-15-12)22(19,20)17-11(18)7-4-5-9(13)16-10(7)14;7-4-2-1-3(6(10)11)5(8)9-4;1-11-6-5(12(7,9)10)3-2-4-8-6;;;/h2-6H,1H3,(H,17,18);1-2H,(H,10,11);2-4H,1H3,(H2,7,9,10);3*1H. The van der Waals surface area contributed by atoms with Gasteiger partial charge >= 0.3 is 5.97 Å². The lowest BCUT2D eigenvalue weighted by molar-refractivity contribution is 0.0696. The summed E-state index contributed by atoms with van der Waals surface area (Å²) in [6.45, 7) is 0. The van der Waals surface area contributed by atoms with Gasteiger partial charge in [-0.25, -0.2) is 51.4 Å². The van der Waals surface area contributed by atoms with Gasteiger partial charge in [0.05, 0.1) is 25.3 Å². The average Bonchev–Trinajstić information content (AvgIpc) is 2.96. The summed E-state index contributed by atoms with van der Waals surface area (Å²) in [5.41, 5.74) is -0.173. The van der Waals surface area contributed by atoms with E-state index in [0.717, 1.165) is 0 Å². The van der Waals surface area contributed by atoms with Crippen LogP contribution in [0.2, 0.25) is 20.6 Å². The van der Waals surface area contributed by atoms with E-state index in [1.165, 1.54) is 75.1 Å². The van der Waals surface area contributed by atoms with Crippen LogP contribution in [0.4, 0.5) is 0 Å². The molecule has 4 aromatic heterocycles. The molecule has 45 heavy (non-hydrogen) atoms. The lowest BCUT2D eigenvalue weighted by Gasteiger charge is -2.10. The molecule has 4 aromatic rings. The maximum atomic E-state index is 12.2. The third kappa shape index (κ3) is 10.9. The second kappa shape index (κ2) is 16.5. The van der Waals surface area contributed by atoms with E-state index in [1.54, 1.807) is 0 Å². The van der Waals surface area contributed by atoms with Crippen molar-refractivity contribution in [1.82, 2.24) is 24.7 Å². The summed E-state index contributed by atoms with van der Waals surface area (Å²) in [5, 5.41) is 13.3. The zero-order valence-electron chi connectivity index (χ0n) is 22.7. The van der Waals surface area contributed by atoms with E-state index < -0.39 is 31.9 Å². The smallest absolute Gasteiger partial charge is 0.338 e. The first-order chi connectivity index (χ1) is 21.0. The Bertz CT molecular complexity index is 1930. The van der Waals surface area contributed by atoms with E-state index in [1.807, 2.05) is 4.72 Å². The van der Waals surface area contributed by atoms with Crippen LogP contribution in [0.1, 0.15) is 25.0 Å². The average molecular weight is 748 g/mol. The number of nitrogens with zero attached hydrogens (tertiary/aromatic N) is 4. The molecule has 4 rings (SSSR count). The lowest BCUT2D eigenvalue weighted by atomic mass is 10.3. The van der Waals surface area contributed by atoms with E-state index in [0.29, 0.717) is 0 Å². The number of primary sulfonamides is 1. The Morgan fingerprint density at radius 1 is 0.778 bits per heavy atom. The van der Waals surface area contributed by atoms with Crippen molar-refractivity contribution in [3.63, 3.8) is 0 Å². The molecule has 4 N–H and O–H groups in total. The Morgan fingerprint density at radius 2 is 1.22 bits per heavy atom. The molecule has 0 aliphatic rings. The molecule has 0 atom stereocenters. The number of rotatable bonds is 7. The third-order valence-corrected chi connectivity index (χ3v) is 8.05. The van der Waals surface area contributed by atoms with Gasteiger partial charge in [-0.15, -0.1) is 0 Å². The number of halogens is 4. The molecule has 0 unspecified atom stereocenters. The fourth-order valence-corrected chi connectivity index (χ4v) is 5.46. The van der Waals surface area contributed by atoms with Gasteiger partial charge in [-0.05, 0) is 48.5 Å². The summed E-state index contributed by atoms with van der Waals surface area (Å²) in [6, 6.07) is 10.7. The normalized spacial score (nSPS) is 10.7. The van der Waals surface area contributed by atoms with Crippen LogP contribution in [0, 0.1) is 0 Å². The second-order valence-corrected chi connectivity index (χ2v) is 12.4. The molecule has 21 heteroatoms. The predicted molar refractivity (Wildman–Crippen MR) is 169 cm³/mol. The fraction of sp³-hybridized carbons (Fsp3) is 0.0833. The number of hydrogen-bond acceptors (Lipinski definition) is 12. The van der Waals surface area contributed by atoms with Crippen molar-refractivity contribution in [1.29, 1.82) is 0 Å². The quantitative estimate of drug-likeness (QED) is 0.222. The highest BCUT2D eigenvalue weighted by Crippen LogP contribution is 2.22. The Balaban J connectivity index is 0. The molecule has 0 aliphatic carbocycles. The highest BCUT2D eigenvalue weighted by atomic mass is 35.5. The SMILES string of the molecule is COc1ncccc1S(=O)(=O)NC(=O)c1ccc(Cl)nc1Cl.COc1ncccc1S(N)(=O)=O.O=C(O)c1ccc(Cl)nc1Cl.[HH].[HH].[HH]. The topological polar surface area (TPSA) is 231 Å². The van der Waals surface area contributed by atoms with Crippen molar-refractivity contribution < 1.29 is 45.3 Å². The van der Waals surface area contributed by atoms with Gasteiger partial charge in [0.2, 0.25) is 21.8 Å². The summed E-state index contributed by atoms with van der Waals surface area (Å²) in [4.78, 5) is 36.7. The van der Waals surface area contributed by atoms with Gasteiger partial charge in [0, 0.05) is 16.7 Å². The van der Waals surface area contributed by atoms with E-state index >= 15 is 0 Å². The second-order valence-electron chi connectivity index (χ2n) is 7.75. The Hall–Kier alpha value is -3.84. The van der Waals surface area contributed by atoms with Crippen molar-refractivity contribution >= 4 is 78.3 Å². The molecule has 0 spiro atoms. The number of nitrogens with one attached hydrogen (secondary N) is 1. The van der Waals surface area contributed by atoms with Gasteiger partial charge in [-0.1, -0.05) is 46.4 Å². The largest absolute Gasteiger partial charge is 0.480 e. The van der Waals surface area contributed by atoms with Crippen LogP contribution in [-0.4, -0.2) is 68.0 Å².